The van der Waals surface area contributed by atoms with Gasteiger partial charge in [-0.1, -0.05) is 20.8 Å². The highest BCUT2D eigenvalue weighted by molar-refractivity contribution is 5.93. The molecule has 10 heteroatoms. The number of hydrogen-bond donors (Lipinski definition) is 1. The highest BCUT2D eigenvalue weighted by atomic mass is 16.2. The van der Waals surface area contributed by atoms with Crippen LogP contribution in [-0.2, 0) is 10.2 Å². The van der Waals surface area contributed by atoms with Gasteiger partial charge in [-0.3, -0.25) is 4.79 Å². The molecular formula is C23H32N8O2. The number of nitrogens with zero attached hydrogens (tertiary/aromatic N) is 7. The lowest BCUT2D eigenvalue weighted by Gasteiger charge is -2.22. The first-order valence-electron chi connectivity index (χ1n) is 10.8. The minimum absolute atomic E-state index is 0.0442. The average Bonchev–Trinajstić information content (AvgIpc) is 3.11. The second-order valence-corrected chi connectivity index (χ2v) is 8.75. The van der Waals surface area contributed by atoms with Crippen LogP contribution < -0.4 is 10.2 Å². The highest BCUT2D eigenvalue weighted by Crippen LogP contribution is 2.35. The Labute approximate surface area is 194 Å². The number of carbonyl (C=O) groups excluding carboxylic acids is 2. The minimum atomic E-state index is -0.486. The SMILES string of the molecule is CCN(CC)c1ccc(/N=N/c2c(C#N)c(C(C)(C)C)nn2C(=O)N(C)C)c(NC(C)=O)c1. The summed E-state index contributed by atoms with van der Waals surface area (Å²) in [6.45, 7) is 12.8. The molecule has 1 aromatic heterocycles. The average molecular weight is 453 g/mol. The summed E-state index contributed by atoms with van der Waals surface area (Å²) in [5, 5.41) is 25.6. The zero-order chi connectivity index (χ0) is 24.9. The van der Waals surface area contributed by atoms with Crippen LogP contribution in [0.5, 0.6) is 0 Å². The van der Waals surface area contributed by atoms with Crippen molar-refractivity contribution in [3.8, 4) is 6.07 Å². The van der Waals surface area contributed by atoms with Gasteiger partial charge in [0, 0.05) is 45.2 Å². The normalized spacial score (nSPS) is 11.4. The van der Waals surface area contributed by atoms with E-state index in [1.165, 1.54) is 11.8 Å². The maximum Gasteiger partial charge on any atom is 0.346 e. The first kappa shape index (κ1) is 25.5. The van der Waals surface area contributed by atoms with Gasteiger partial charge in [0.2, 0.25) is 11.7 Å². The fraction of sp³-hybridized carbons (Fsp3) is 0.478. The molecule has 0 spiro atoms. The first-order valence-corrected chi connectivity index (χ1v) is 10.8. The van der Waals surface area contributed by atoms with Crippen molar-refractivity contribution in [1.82, 2.24) is 14.7 Å². The molecule has 2 aromatic rings. The number of hydrogen-bond acceptors (Lipinski definition) is 7. The van der Waals surface area contributed by atoms with Crippen LogP contribution in [-0.4, -0.2) is 53.8 Å². The van der Waals surface area contributed by atoms with Gasteiger partial charge >= 0.3 is 6.03 Å². The van der Waals surface area contributed by atoms with E-state index < -0.39 is 11.4 Å². The van der Waals surface area contributed by atoms with Gasteiger partial charge in [0.25, 0.3) is 0 Å². The number of nitrogens with one attached hydrogen (secondary N) is 1. The molecule has 0 aliphatic carbocycles. The first-order chi connectivity index (χ1) is 15.4. The maximum atomic E-state index is 12.7. The molecule has 2 rings (SSSR count). The molecule has 0 aliphatic heterocycles. The Morgan fingerprint density at radius 2 is 1.82 bits per heavy atom. The lowest BCUT2D eigenvalue weighted by Crippen LogP contribution is -2.28. The standard InChI is InChI=1S/C23H32N8O2/c1-9-30(10-2)16-11-12-18(19(13-16)25-15(3)32)26-27-21-17(14-24)20(23(4,5)6)28-31(21)22(33)29(7)8/h11-13H,9-10H2,1-8H3,(H,25,32)/b27-26+. The molecule has 0 saturated carbocycles. The van der Waals surface area contributed by atoms with Gasteiger partial charge < -0.3 is 15.1 Å². The summed E-state index contributed by atoms with van der Waals surface area (Å²) in [4.78, 5) is 28.0. The predicted molar refractivity (Wildman–Crippen MR) is 129 cm³/mol. The lowest BCUT2D eigenvalue weighted by molar-refractivity contribution is -0.114. The summed E-state index contributed by atoms with van der Waals surface area (Å²) in [6.07, 6.45) is 0. The van der Waals surface area contributed by atoms with Gasteiger partial charge in [-0.05, 0) is 32.0 Å². The van der Waals surface area contributed by atoms with Crippen LogP contribution in [0.1, 0.15) is 52.8 Å². The Morgan fingerprint density at radius 3 is 2.30 bits per heavy atom. The molecular weight excluding hydrogens is 420 g/mol. The molecule has 0 atom stereocenters. The third-order valence-corrected chi connectivity index (χ3v) is 4.92. The molecule has 0 bridgehead atoms. The van der Waals surface area contributed by atoms with Crippen molar-refractivity contribution in [2.45, 2.75) is 47.0 Å². The Hall–Kier alpha value is -3.74. The molecule has 33 heavy (non-hydrogen) atoms. The number of amides is 2. The Kier molecular flexibility index (Phi) is 7.93. The Bertz CT molecular complexity index is 1100. The zero-order valence-electron chi connectivity index (χ0n) is 20.6. The minimum Gasteiger partial charge on any atom is -0.372 e. The van der Waals surface area contributed by atoms with Gasteiger partial charge in [-0.25, -0.2) is 4.79 Å². The van der Waals surface area contributed by atoms with Crippen LogP contribution in [0.3, 0.4) is 0 Å². The maximum absolute atomic E-state index is 12.7. The largest absolute Gasteiger partial charge is 0.372 e. The van der Waals surface area contributed by atoms with Gasteiger partial charge in [0.05, 0.1) is 11.4 Å². The van der Waals surface area contributed by atoms with E-state index in [2.05, 4.69) is 31.6 Å². The quantitative estimate of drug-likeness (QED) is 0.631. The van der Waals surface area contributed by atoms with Crippen LogP contribution in [0.25, 0.3) is 0 Å². The number of rotatable bonds is 6. The summed E-state index contributed by atoms with van der Waals surface area (Å²) in [6, 6.07) is 7.14. The van der Waals surface area contributed by atoms with E-state index in [-0.39, 0.29) is 17.3 Å². The Balaban J connectivity index is 2.66. The number of nitriles is 1. The highest BCUT2D eigenvalue weighted by Gasteiger charge is 2.30. The predicted octanol–water partition coefficient (Wildman–Crippen LogP) is 4.80. The number of benzene rings is 1. The molecule has 0 saturated heterocycles. The lowest BCUT2D eigenvalue weighted by atomic mass is 9.90. The fourth-order valence-corrected chi connectivity index (χ4v) is 3.24. The van der Waals surface area contributed by atoms with E-state index in [0.29, 0.717) is 17.1 Å². The number of aromatic nitrogens is 2. The molecule has 0 radical (unpaired) electrons. The van der Waals surface area contributed by atoms with E-state index in [0.717, 1.165) is 23.5 Å². The number of azo groups is 1. The summed E-state index contributed by atoms with van der Waals surface area (Å²) in [5.74, 6) is -0.202. The van der Waals surface area contributed by atoms with E-state index in [4.69, 9.17) is 0 Å². The van der Waals surface area contributed by atoms with E-state index in [1.807, 2.05) is 46.8 Å². The molecule has 10 nitrogen and oxygen atoms in total. The van der Waals surface area contributed by atoms with Crippen LogP contribution in [0.2, 0.25) is 0 Å². The third kappa shape index (κ3) is 5.74. The molecule has 0 fully saturated rings. The van der Waals surface area contributed by atoms with Crippen LogP contribution >= 0.6 is 0 Å². The van der Waals surface area contributed by atoms with Gasteiger partial charge in [-0.2, -0.15) is 15.0 Å². The molecule has 1 N–H and O–H groups in total. The zero-order valence-corrected chi connectivity index (χ0v) is 20.6. The Morgan fingerprint density at radius 1 is 1.18 bits per heavy atom. The van der Waals surface area contributed by atoms with Gasteiger partial charge in [0.15, 0.2) is 0 Å². The van der Waals surface area contributed by atoms with Crippen LogP contribution in [0.4, 0.5) is 27.7 Å². The van der Waals surface area contributed by atoms with Crippen molar-refractivity contribution in [1.29, 1.82) is 5.26 Å². The number of carbonyl (C=O) groups is 2. The summed E-state index contributed by atoms with van der Waals surface area (Å²) >= 11 is 0. The topological polar surface area (TPSA) is 119 Å². The molecule has 176 valence electrons. The van der Waals surface area contributed by atoms with Crippen molar-refractivity contribution in [3.63, 3.8) is 0 Å². The van der Waals surface area contributed by atoms with Gasteiger partial charge in [0.1, 0.15) is 17.3 Å². The second kappa shape index (κ2) is 10.3. The summed E-state index contributed by atoms with van der Waals surface area (Å²) < 4.78 is 1.09. The van der Waals surface area contributed by atoms with Gasteiger partial charge in [-0.15, -0.1) is 10.2 Å². The molecule has 1 aromatic carbocycles. The molecule has 1 heterocycles. The molecule has 0 aliphatic rings. The third-order valence-electron chi connectivity index (χ3n) is 4.92. The van der Waals surface area contributed by atoms with E-state index in [9.17, 15) is 14.9 Å². The van der Waals surface area contributed by atoms with Crippen molar-refractivity contribution in [3.05, 3.63) is 29.5 Å². The molecule has 0 unspecified atom stereocenters. The van der Waals surface area contributed by atoms with Crippen LogP contribution in [0, 0.1) is 11.3 Å². The van der Waals surface area contributed by atoms with E-state index >= 15 is 0 Å². The van der Waals surface area contributed by atoms with Crippen LogP contribution in [0.15, 0.2) is 28.4 Å². The molecule has 2 amide bonds. The smallest absolute Gasteiger partial charge is 0.346 e. The van der Waals surface area contributed by atoms with Crippen molar-refractivity contribution < 1.29 is 9.59 Å². The second-order valence-electron chi connectivity index (χ2n) is 8.75. The van der Waals surface area contributed by atoms with E-state index in [1.54, 1.807) is 20.2 Å². The summed E-state index contributed by atoms with van der Waals surface area (Å²) in [7, 11) is 3.18. The summed E-state index contributed by atoms with van der Waals surface area (Å²) in [5.41, 5.74) is 1.96. The fourth-order valence-electron chi connectivity index (χ4n) is 3.24. The monoisotopic (exact) mass is 452 g/mol. The van der Waals surface area contributed by atoms with Crippen molar-refractivity contribution >= 4 is 34.8 Å². The number of anilines is 2. The van der Waals surface area contributed by atoms with Crippen molar-refractivity contribution in [2.75, 3.05) is 37.4 Å². The van der Waals surface area contributed by atoms with Crippen molar-refractivity contribution in [2.24, 2.45) is 10.2 Å².